The first kappa shape index (κ1) is 24.3. The summed E-state index contributed by atoms with van der Waals surface area (Å²) in [6.45, 7) is 3.55. The van der Waals surface area contributed by atoms with Gasteiger partial charge in [-0.1, -0.05) is 78.9 Å². The van der Waals surface area contributed by atoms with E-state index in [0.29, 0.717) is 22.9 Å². The predicted octanol–water partition coefficient (Wildman–Crippen LogP) is 5.78. The first-order valence-corrected chi connectivity index (χ1v) is 13.7. The van der Waals surface area contributed by atoms with Gasteiger partial charge in [-0.15, -0.1) is 0 Å². The molecule has 3 aromatic carbocycles. The maximum Gasteiger partial charge on any atom is 0.191 e. The quantitative estimate of drug-likeness (QED) is 0.337. The van der Waals surface area contributed by atoms with Crippen molar-refractivity contribution in [1.82, 2.24) is 10.3 Å². The zero-order valence-electron chi connectivity index (χ0n) is 21.1. The average Bonchev–Trinajstić information content (AvgIpc) is 2.98. The number of nitrogens with zero attached hydrogens (tertiary/aromatic N) is 2. The molecule has 2 N–H and O–H groups in total. The zero-order valence-corrected chi connectivity index (χ0v) is 21.9. The van der Waals surface area contributed by atoms with Crippen molar-refractivity contribution in [3.8, 4) is 0 Å². The van der Waals surface area contributed by atoms with Crippen LogP contribution >= 0.6 is 12.2 Å². The molecular weight excluding hydrogens is 476 g/mol. The fourth-order valence-electron chi connectivity index (χ4n) is 6.88. The summed E-state index contributed by atoms with van der Waals surface area (Å²) in [6.07, 6.45) is 3.26. The van der Waals surface area contributed by atoms with E-state index < -0.39 is 0 Å². The van der Waals surface area contributed by atoms with Gasteiger partial charge in [0.05, 0.1) is 13.2 Å². The standard InChI is InChI=1S/C31H34N4OS/c37-30(32-25-14-8-3-9-15-25)34-33-28-22-31(35-16-18-36-19-17-35)20-26(23-10-4-1-5-11-23)29(28)27(21-31)24-12-6-2-7-13-24/h1-15,26-27,29H,16-22H2,(H2,32,34,37)/b33-28-/t26-,27-,29?,31?/m0/s1. The Hall–Kier alpha value is -3.06. The van der Waals surface area contributed by atoms with E-state index in [9.17, 15) is 0 Å². The van der Waals surface area contributed by atoms with Crippen LogP contribution in [0.4, 0.5) is 5.69 Å². The highest BCUT2D eigenvalue weighted by Gasteiger charge is 2.57. The van der Waals surface area contributed by atoms with Gasteiger partial charge < -0.3 is 10.1 Å². The monoisotopic (exact) mass is 510 g/mol. The molecule has 1 saturated heterocycles. The maximum absolute atomic E-state index is 5.77. The first-order valence-electron chi connectivity index (χ1n) is 13.3. The molecule has 3 saturated carbocycles. The summed E-state index contributed by atoms with van der Waals surface area (Å²) in [6, 6.07) is 32.1. The third-order valence-corrected chi connectivity index (χ3v) is 8.63. The summed E-state index contributed by atoms with van der Waals surface area (Å²) >= 11 is 5.63. The van der Waals surface area contributed by atoms with Crippen LogP contribution in [0.25, 0.3) is 0 Å². The number of fused-ring (bicyclic) bond motifs is 3. The Bertz CT molecular complexity index is 1180. The third-order valence-electron chi connectivity index (χ3n) is 8.43. The van der Waals surface area contributed by atoms with E-state index >= 15 is 0 Å². The van der Waals surface area contributed by atoms with Crippen LogP contribution in [0.3, 0.4) is 0 Å². The normalized spacial score (nSPS) is 28.6. The van der Waals surface area contributed by atoms with Gasteiger partial charge in [0.2, 0.25) is 0 Å². The minimum atomic E-state index is 0.0501. The number of anilines is 1. The SMILES string of the molecule is S=C(N/N=C1/CC2(N3CCOCC3)C[C@@H](c3ccccc3)C1[C@H](c1ccccc1)C2)Nc1ccccc1. The fraction of sp³-hybridized carbons (Fsp3) is 0.355. The molecule has 3 aliphatic carbocycles. The summed E-state index contributed by atoms with van der Waals surface area (Å²) < 4.78 is 5.77. The third kappa shape index (κ3) is 5.06. The number of rotatable bonds is 5. The average molecular weight is 511 g/mol. The maximum atomic E-state index is 5.77. The second-order valence-corrected chi connectivity index (χ2v) is 10.9. The van der Waals surface area contributed by atoms with Crippen LogP contribution in [0.5, 0.6) is 0 Å². The van der Waals surface area contributed by atoms with E-state index in [0.717, 1.165) is 51.3 Å². The molecule has 37 heavy (non-hydrogen) atoms. The van der Waals surface area contributed by atoms with Crippen molar-refractivity contribution in [2.75, 3.05) is 31.6 Å². The number of hydrogen-bond acceptors (Lipinski definition) is 4. The van der Waals surface area contributed by atoms with Gasteiger partial charge in [0.1, 0.15) is 0 Å². The molecule has 1 aliphatic heterocycles. The minimum absolute atomic E-state index is 0.0501. The van der Waals surface area contributed by atoms with Gasteiger partial charge in [0.15, 0.2) is 5.11 Å². The Morgan fingerprint density at radius 1 is 0.811 bits per heavy atom. The molecule has 0 radical (unpaired) electrons. The number of benzene rings is 3. The van der Waals surface area contributed by atoms with Crippen LogP contribution in [-0.2, 0) is 4.74 Å². The Labute approximate surface area is 224 Å². The molecule has 0 spiro atoms. The van der Waals surface area contributed by atoms with Crippen LogP contribution in [0.2, 0.25) is 0 Å². The Morgan fingerprint density at radius 2 is 1.35 bits per heavy atom. The summed E-state index contributed by atoms with van der Waals surface area (Å²) in [5, 5.41) is 8.85. The van der Waals surface area contributed by atoms with E-state index in [1.165, 1.54) is 16.8 Å². The number of ether oxygens (including phenoxy) is 1. The molecule has 2 bridgehead atoms. The van der Waals surface area contributed by atoms with Crippen LogP contribution in [0.15, 0.2) is 96.1 Å². The van der Waals surface area contributed by atoms with Crippen LogP contribution in [0, 0.1) is 5.92 Å². The van der Waals surface area contributed by atoms with E-state index in [4.69, 9.17) is 22.1 Å². The number of hydrogen-bond donors (Lipinski definition) is 2. The van der Waals surface area contributed by atoms with Crippen LogP contribution in [-0.4, -0.2) is 47.6 Å². The summed E-state index contributed by atoms with van der Waals surface area (Å²) in [7, 11) is 0. The van der Waals surface area contributed by atoms with Crippen molar-refractivity contribution in [1.29, 1.82) is 0 Å². The Balaban J connectivity index is 1.38. The molecule has 7 rings (SSSR count). The van der Waals surface area contributed by atoms with E-state index in [1.807, 2.05) is 30.3 Å². The van der Waals surface area contributed by atoms with Crippen molar-refractivity contribution in [3.05, 3.63) is 102 Å². The summed E-state index contributed by atoms with van der Waals surface area (Å²) in [4.78, 5) is 2.70. The lowest BCUT2D eigenvalue weighted by atomic mass is 9.52. The van der Waals surface area contributed by atoms with E-state index in [-0.39, 0.29) is 5.54 Å². The molecule has 3 aromatic rings. The number of para-hydroxylation sites is 1. The van der Waals surface area contributed by atoms with Gasteiger partial charge in [-0.2, -0.15) is 5.10 Å². The topological polar surface area (TPSA) is 48.9 Å². The first-order chi connectivity index (χ1) is 18.2. The molecule has 2 atom stereocenters. The van der Waals surface area contributed by atoms with Gasteiger partial charge >= 0.3 is 0 Å². The molecule has 4 aliphatic rings. The lowest BCUT2D eigenvalue weighted by Gasteiger charge is -2.60. The van der Waals surface area contributed by atoms with Crippen molar-refractivity contribution in [3.63, 3.8) is 0 Å². The van der Waals surface area contributed by atoms with Crippen molar-refractivity contribution >= 4 is 28.7 Å². The molecule has 1 heterocycles. The molecule has 0 amide bonds. The summed E-state index contributed by atoms with van der Waals surface area (Å²) in [5.74, 6) is 1.11. The minimum Gasteiger partial charge on any atom is -0.379 e. The predicted molar refractivity (Wildman–Crippen MR) is 154 cm³/mol. The van der Waals surface area contributed by atoms with E-state index in [1.54, 1.807) is 0 Å². The van der Waals surface area contributed by atoms with Crippen molar-refractivity contribution in [2.24, 2.45) is 11.0 Å². The van der Waals surface area contributed by atoms with Gasteiger partial charge in [-0.3, -0.25) is 10.3 Å². The highest BCUT2D eigenvalue weighted by Crippen LogP contribution is 2.58. The van der Waals surface area contributed by atoms with Gasteiger partial charge in [0, 0.05) is 42.4 Å². The fourth-order valence-corrected chi connectivity index (χ4v) is 7.04. The number of hydrazone groups is 1. The zero-order chi connectivity index (χ0) is 25.1. The summed E-state index contributed by atoms with van der Waals surface area (Å²) in [5.41, 5.74) is 8.26. The van der Waals surface area contributed by atoms with Gasteiger partial charge in [-0.25, -0.2) is 0 Å². The van der Waals surface area contributed by atoms with Crippen molar-refractivity contribution < 1.29 is 4.74 Å². The number of thiocarbonyl (C=S) groups is 1. The number of morpholine rings is 1. The largest absolute Gasteiger partial charge is 0.379 e. The molecular formula is C31H34N4OS. The lowest BCUT2D eigenvalue weighted by molar-refractivity contribution is -0.0539. The number of nitrogens with one attached hydrogen (secondary N) is 2. The van der Waals surface area contributed by atoms with Crippen molar-refractivity contribution in [2.45, 2.75) is 36.6 Å². The van der Waals surface area contributed by atoms with E-state index in [2.05, 4.69) is 76.3 Å². The molecule has 5 nitrogen and oxygen atoms in total. The smallest absolute Gasteiger partial charge is 0.191 e. The Morgan fingerprint density at radius 3 is 1.92 bits per heavy atom. The van der Waals surface area contributed by atoms with Gasteiger partial charge in [-0.05, 0) is 60.2 Å². The molecule has 4 fully saturated rings. The lowest BCUT2D eigenvalue weighted by Crippen LogP contribution is -2.63. The molecule has 190 valence electrons. The second kappa shape index (κ2) is 10.7. The highest BCUT2D eigenvalue weighted by atomic mass is 32.1. The van der Waals surface area contributed by atoms with Crippen LogP contribution in [0.1, 0.15) is 42.2 Å². The molecule has 0 unspecified atom stereocenters. The molecule has 0 aromatic heterocycles. The Kier molecular flexibility index (Phi) is 7.05. The van der Waals surface area contributed by atoms with Crippen LogP contribution < -0.4 is 10.7 Å². The van der Waals surface area contributed by atoms with Gasteiger partial charge in [0.25, 0.3) is 0 Å². The molecule has 6 heteroatoms. The second-order valence-electron chi connectivity index (χ2n) is 10.5. The highest BCUT2D eigenvalue weighted by molar-refractivity contribution is 7.80.